The van der Waals surface area contributed by atoms with Crippen LogP contribution >= 0.6 is 0 Å². The van der Waals surface area contributed by atoms with E-state index in [1.165, 1.54) is 0 Å². The van der Waals surface area contributed by atoms with Gasteiger partial charge in [-0.3, -0.25) is 4.99 Å². The number of pyridine rings is 1. The van der Waals surface area contributed by atoms with E-state index in [0.717, 1.165) is 60.6 Å². The van der Waals surface area contributed by atoms with E-state index in [0.29, 0.717) is 0 Å². The number of halogens is 3. The lowest BCUT2D eigenvalue weighted by atomic mass is 9.93. The number of hydrogen-bond acceptors (Lipinski definition) is 5. The zero-order valence-corrected chi connectivity index (χ0v) is 18.0. The second kappa shape index (κ2) is 7.62. The van der Waals surface area contributed by atoms with Crippen LogP contribution < -0.4 is 5.32 Å². The smallest absolute Gasteiger partial charge is 0.352 e. The molecule has 0 aliphatic carbocycles. The van der Waals surface area contributed by atoms with E-state index in [1.54, 1.807) is 16.9 Å². The van der Waals surface area contributed by atoms with Crippen molar-refractivity contribution in [1.82, 2.24) is 19.6 Å². The largest absolute Gasteiger partial charge is 0.395 e. The van der Waals surface area contributed by atoms with Crippen molar-refractivity contribution in [2.24, 2.45) is 10.4 Å². The number of aromatic nitrogens is 4. The molecule has 0 radical (unpaired) electrons. The van der Waals surface area contributed by atoms with Crippen LogP contribution in [0.5, 0.6) is 0 Å². The van der Waals surface area contributed by atoms with Gasteiger partial charge in [0.1, 0.15) is 0 Å². The number of hydrogen-bond donors (Lipinski definition) is 1. The van der Waals surface area contributed by atoms with Crippen LogP contribution in [0.3, 0.4) is 0 Å². The van der Waals surface area contributed by atoms with Gasteiger partial charge in [0.05, 0.1) is 34.2 Å². The Kier molecular flexibility index (Phi) is 5.23. The van der Waals surface area contributed by atoms with E-state index < -0.39 is 11.6 Å². The van der Waals surface area contributed by atoms with E-state index in [9.17, 15) is 13.2 Å². The fraction of sp³-hybridized carbons (Fsp3) is 0.455. The molecule has 0 spiro atoms. The predicted molar refractivity (Wildman–Crippen MR) is 115 cm³/mol. The number of nitrogens with one attached hydrogen (secondary N) is 1. The molecular weight excluding hydrogens is 405 g/mol. The van der Waals surface area contributed by atoms with Crippen molar-refractivity contribution >= 4 is 22.9 Å². The van der Waals surface area contributed by atoms with Crippen molar-refractivity contribution in [2.75, 3.05) is 11.9 Å². The molecule has 1 atom stereocenters. The van der Waals surface area contributed by atoms with E-state index in [-0.39, 0.29) is 18.4 Å². The Morgan fingerprint density at radius 2 is 1.94 bits per heavy atom. The van der Waals surface area contributed by atoms with Gasteiger partial charge in [-0.1, -0.05) is 13.3 Å². The molecule has 0 fully saturated rings. The Hall–Kier alpha value is -2.97. The van der Waals surface area contributed by atoms with Gasteiger partial charge in [-0.15, -0.1) is 5.10 Å². The molecule has 164 valence electrons. The standard InChI is InChI=1S/C22H25F3N6/c1-5-6-14-13(2)28-17-8-7-16(29-19(14)17)15-9-10-31-18(15)11-26-20(30-31)27-12-21(3,4)22(23,24)25/h7-11,14H,5-6,12H2,1-4H3,(H,27,30)/t14-/m1/s1. The zero-order valence-electron chi connectivity index (χ0n) is 18.0. The normalized spacial score (nSPS) is 16.5. The summed E-state index contributed by atoms with van der Waals surface area (Å²) in [5.74, 6) is 0.374. The van der Waals surface area contributed by atoms with Crippen molar-refractivity contribution in [2.45, 2.75) is 52.6 Å². The van der Waals surface area contributed by atoms with Crippen LogP contribution in [-0.2, 0) is 0 Å². The fourth-order valence-corrected chi connectivity index (χ4v) is 3.67. The van der Waals surface area contributed by atoms with Gasteiger partial charge in [0, 0.05) is 29.9 Å². The molecule has 6 nitrogen and oxygen atoms in total. The molecule has 9 heteroatoms. The Balaban J connectivity index is 1.60. The Morgan fingerprint density at radius 1 is 1.16 bits per heavy atom. The highest BCUT2D eigenvalue weighted by atomic mass is 19.4. The number of fused-ring (bicyclic) bond motifs is 2. The van der Waals surface area contributed by atoms with Crippen molar-refractivity contribution in [3.05, 3.63) is 36.3 Å². The molecule has 0 aromatic carbocycles. The van der Waals surface area contributed by atoms with Crippen LogP contribution in [0.15, 0.2) is 35.6 Å². The molecule has 4 heterocycles. The van der Waals surface area contributed by atoms with Crippen molar-refractivity contribution in [1.29, 1.82) is 0 Å². The predicted octanol–water partition coefficient (Wildman–Crippen LogP) is 5.78. The number of alkyl halides is 3. The second-order valence-corrected chi connectivity index (χ2v) is 8.57. The molecule has 0 unspecified atom stereocenters. The minimum atomic E-state index is -4.32. The van der Waals surface area contributed by atoms with Gasteiger partial charge < -0.3 is 5.32 Å². The van der Waals surface area contributed by atoms with Gasteiger partial charge in [-0.25, -0.2) is 14.5 Å². The van der Waals surface area contributed by atoms with Gasteiger partial charge in [0.15, 0.2) is 0 Å². The van der Waals surface area contributed by atoms with Crippen LogP contribution in [0.4, 0.5) is 24.8 Å². The van der Waals surface area contributed by atoms with E-state index in [1.807, 2.05) is 25.1 Å². The summed E-state index contributed by atoms with van der Waals surface area (Å²) in [6, 6.07) is 5.80. The first kappa shape index (κ1) is 21.3. The fourth-order valence-electron chi connectivity index (χ4n) is 3.67. The van der Waals surface area contributed by atoms with Crippen LogP contribution in [0.2, 0.25) is 0 Å². The Morgan fingerprint density at radius 3 is 2.65 bits per heavy atom. The number of nitrogens with zero attached hydrogens (tertiary/aromatic N) is 5. The maximum absolute atomic E-state index is 13.1. The van der Waals surface area contributed by atoms with Gasteiger partial charge in [0.25, 0.3) is 0 Å². The lowest BCUT2D eigenvalue weighted by molar-refractivity contribution is -0.206. The molecule has 1 aliphatic rings. The Labute approximate surface area is 178 Å². The molecule has 31 heavy (non-hydrogen) atoms. The first-order chi connectivity index (χ1) is 14.6. The maximum atomic E-state index is 13.1. The second-order valence-electron chi connectivity index (χ2n) is 8.57. The topological polar surface area (TPSA) is 67.5 Å². The zero-order chi connectivity index (χ0) is 22.4. The van der Waals surface area contributed by atoms with Crippen LogP contribution in [0.1, 0.15) is 52.1 Å². The highest BCUT2D eigenvalue weighted by molar-refractivity contribution is 5.96. The van der Waals surface area contributed by atoms with Gasteiger partial charge in [0.2, 0.25) is 5.95 Å². The van der Waals surface area contributed by atoms with E-state index in [4.69, 9.17) is 4.98 Å². The lowest BCUT2D eigenvalue weighted by Crippen LogP contribution is -2.38. The molecule has 0 saturated carbocycles. The monoisotopic (exact) mass is 430 g/mol. The summed E-state index contributed by atoms with van der Waals surface area (Å²) in [5, 5.41) is 7.01. The molecule has 1 aliphatic heterocycles. The lowest BCUT2D eigenvalue weighted by Gasteiger charge is -2.27. The highest BCUT2D eigenvalue weighted by Crippen LogP contribution is 2.39. The number of aliphatic imine (C=N–C) groups is 1. The van der Waals surface area contributed by atoms with Gasteiger partial charge in [-0.2, -0.15) is 13.2 Å². The average Bonchev–Trinajstić information content (AvgIpc) is 3.26. The average molecular weight is 430 g/mol. The van der Waals surface area contributed by atoms with Crippen LogP contribution in [-0.4, -0.2) is 38.0 Å². The highest BCUT2D eigenvalue weighted by Gasteiger charge is 2.47. The molecular formula is C22H25F3N6. The summed E-state index contributed by atoms with van der Waals surface area (Å²) in [7, 11) is 0. The molecule has 0 saturated heterocycles. The summed E-state index contributed by atoms with van der Waals surface area (Å²) in [4.78, 5) is 13.8. The molecule has 3 aromatic heterocycles. The third-order valence-electron chi connectivity index (χ3n) is 5.76. The number of rotatable bonds is 6. The summed E-state index contributed by atoms with van der Waals surface area (Å²) >= 11 is 0. The number of anilines is 1. The summed E-state index contributed by atoms with van der Waals surface area (Å²) < 4.78 is 40.8. The molecule has 0 bridgehead atoms. The minimum absolute atomic E-state index is 0.140. The summed E-state index contributed by atoms with van der Waals surface area (Å²) in [6.45, 7) is 6.15. The van der Waals surface area contributed by atoms with E-state index in [2.05, 4.69) is 27.3 Å². The minimum Gasteiger partial charge on any atom is -0.352 e. The van der Waals surface area contributed by atoms with Crippen molar-refractivity contribution in [3.8, 4) is 11.3 Å². The van der Waals surface area contributed by atoms with Crippen LogP contribution in [0.25, 0.3) is 16.8 Å². The quantitative estimate of drug-likeness (QED) is 0.538. The molecule has 0 amide bonds. The summed E-state index contributed by atoms with van der Waals surface area (Å²) in [5.41, 5.74) is 3.50. The maximum Gasteiger partial charge on any atom is 0.395 e. The van der Waals surface area contributed by atoms with Gasteiger partial charge >= 0.3 is 6.18 Å². The third-order valence-corrected chi connectivity index (χ3v) is 5.76. The van der Waals surface area contributed by atoms with E-state index >= 15 is 0 Å². The summed E-state index contributed by atoms with van der Waals surface area (Å²) in [6.07, 6.45) is 1.09. The van der Waals surface area contributed by atoms with Crippen LogP contribution in [0, 0.1) is 5.41 Å². The van der Waals surface area contributed by atoms with Gasteiger partial charge in [-0.05, 0) is 45.4 Å². The first-order valence-corrected chi connectivity index (χ1v) is 10.3. The molecule has 3 aromatic rings. The molecule has 1 N–H and O–H groups in total. The van der Waals surface area contributed by atoms with Crippen molar-refractivity contribution < 1.29 is 13.2 Å². The SMILES string of the molecule is CCC[C@@H]1C(C)=Nc2ccc(-c3ccn4nc(NCC(C)(C)C(F)(F)F)ncc34)nc21. The third kappa shape index (κ3) is 3.88. The first-order valence-electron chi connectivity index (χ1n) is 10.3. The van der Waals surface area contributed by atoms with Crippen molar-refractivity contribution in [3.63, 3.8) is 0 Å². The Bertz CT molecular complexity index is 1150. The molecule has 4 rings (SSSR count).